The van der Waals surface area contributed by atoms with E-state index in [2.05, 4.69) is 5.32 Å². The molecule has 1 aromatic heterocycles. The van der Waals surface area contributed by atoms with E-state index in [0.29, 0.717) is 24.5 Å². The first kappa shape index (κ1) is 16.8. The number of rotatable bonds is 5. The minimum absolute atomic E-state index is 0.0485. The Labute approximate surface area is 151 Å². The molecule has 132 valence electrons. The van der Waals surface area contributed by atoms with Crippen LogP contribution in [-0.4, -0.2) is 31.7 Å². The lowest BCUT2D eigenvalue weighted by atomic mass is 10.0. The zero-order chi connectivity index (χ0) is 17.5. The standard InChI is InChI=1S/C18H20N2O3S2/c21-17(19-12-14-5-4-10-24-14)16-11-18(16)8-9-20(13-18)25(22,23)15-6-2-1-3-7-15/h1-7,10,16H,8-9,11-13H2,(H,19,21)/t16-,18-/m0/s1. The molecule has 0 radical (unpaired) electrons. The van der Waals surface area contributed by atoms with Gasteiger partial charge >= 0.3 is 0 Å². The van der Waals surface area contributed by atoms with E-state index in [1.165, 1.54) is 4.31 Å². The van der Waals surface area contributed by atoms with Crippen molar-refractivity contribution in [2.45, 2.75) is 24.3 Å². The Morgan fingerprint density at radius 2 is 2.04 bits per heavy atom. The molecular weight excluding hydrogens is 356 g/mol. The average Bonchev–Trinajstić information content (AvgIpc) is 2.96. The van der Waals surface area contributed by atoms with E-state index >= 15 is 0 Å². The molecule has 1 aliphatic carbocycles. The Morgan fingerprint density at radius 1 is 1.24 bits per heavy atom. The van der Waals surface area contributed by atoms with Crippen LogP contribution in [0, 0.1) is 11.3 Å². The lowest BCUT2D eigenvalue weighted by Gasteiger charge is -2.16. The summed E-state index contributed by atoms with van der Waals surface area (Å²) >= 11 is 1.62. The van der Waals surface area contributed by atoms with Crippen LogP contribution in [0.25, 0.3) is 0 Å². The Kier molecular flexibility index (Phi) is 4.17. The molecule has 2 atom stereocenters. The van der Waals surface area contributed by atoms with Crippen LogP contribution in [0.3, 0.4) is 0 Å². The summed E-state index contributed by atoms with van der Waals surface area (Å²) in [4.78, 5) is 13.9. The SMILES string of the molecule is O=C(NCc1cccs1)[C@@H]1C[C@]12CCN(S(=O)(=O)c1ccccc1)C2. The quantitative estimate of drug-likeness (QED) is 0.872. The van der Waals surface area contributed by atoms with E-state index in [4.69, 9.17) is 0 Å². The van der Waals surface area contributed by atoms with Gasteiger partial charge < -0.3 is 5.32 Å². The summed E-state index contributed by atoms with van der Waals surface area (Å²) in [5.74, 6) is -0.0178. The van der Waals surface area contributed by atoms with Crippen LogP contribution in [0.2, 0.25) is 0 Å². The van der Waals surface area contributed by atoms with E-state index < -0.39 is 10.0 Å². The maximum Gasteiger partial charge on any atom is 0.243 e. The van der Waals surface area contributed by atoms with Crippen LogP contribution >= 0.6 is 11.3 Å². The number of amides is 1. The predicted molar refractivity (Wildman–Crippen MR) is 96.5 cm³/mol. The van der Waals surface area contributed by atoms with Crippen molar-refractivity contribution in [1.29, 1.82) is 0 Å². The van der Waals surface area contributed by atoms with Gasteiger partial charge in [-0.2, -0.15) is 4.31 Å². The van der Waals surface area contributed by atoms with Crippen LogP contribution < -0.4 is 5.32 Å². The van der Waals surface area contributed by atoms with Crippen LogP contribution in [0.15, 0.2) is 52.7 Å². The topological polar surface area (TPSA) is 66.5 Å². The van der Waals surface area contributed by atoms with Crippen molar-refractivity contribution in [3.63, 3.8) is 0 Å². The fourth-order valence-electron chi connectivity index (χ4n) is 3.68. The second-order valence-corrected chi connectivity index (χ2v) is 9.79. The summed E-state index contributed by atoms with van der Waals surface area (Å²) in [5, 5.41) is 4.98. The monoisotopic (exact) mass is 376 g/mol. The highest BCUT2D eigenvalue weighted by Crippen LogP contribution is 2.59. The maximum absolute atomic E-state index is 12.7. The Balaban J connectivity index is 1.39. The van der Waals surface area contributed by atoms with Gasteiger partial charge in [-0.25, -0.2) is 8.42 Å². The van der Waals surface area contributed by atoms with Crippen LogP contribution in [-0.2, 0) is 21.4 Å². The van der Waals surface area contributed by atoms with Crippen molar-refractivity contribution < 1.29 is 13.2 Å². The molecule has 4 rings (SSSR count). The second kappa shape index (κ2) is 6.23. The molecule has 0 bridgehead atoms. The number of benzene rings is 1. The number of nitrogens with one attached hydrogen (secondary N) is 1. The lowest BCUT2D eigenvalue weighted by molar-refractivity contribution is -0.123. The van der Waals surface area contributed by atoms with Crippen molar-refractivity contribution in [3.05, 3.63) is 52.7 Å². The second-order valence-electron chi connectivity index (χ2n) is 6.82. The molecule has 1 saturated heterocycles. The van der Waals surface area contributed by atoms with Gasteiger partial charge in [0.2, 0.25) is 15.9 Å². The maximum atomic E-state index is 12.7. The van der Waals surface area contributed by atoms with E-state index in [-0.39, 0.29) is 17.2 Å². The Bertz CT molecular complexity index is 865. The number of nitrogens with zero attached hydrogens (tertiary/aromatic N) is 1. The highest BCUT2D eigenvalue weighted by atomic mass is 32.2. The third kappa shape index (κ3) is 3.12. The van der Waals surface area contributed by atoms with E-state index in [1.807, 2.05) is 17.5 Å². The third-order valence-electron chi connectivity index (χ3n) is 5.25. The number of thiophene rings is 1. The summed E-state index contributed by atoms with van der Waals surface area (Å²) in [6.45, 7) is 1.49. The van der Waals surface area contributed by atoms with Gasteiger partial charge in [0.1, 0.15) is 0 Å². The van der Waals surface area contributed by atoms with Gasteiger partial charge in [-0.1, -0.05) is 24.3 Å². The van der Waals surface area contributed by atoms with Crippen molar-refractivity contribution in [1.82, 2.24) is 9.62 Å². The molecule has 1 saturated carbocycles. The fraction of sp³-hybridized carbons (Fsp3) is 0.389. The number of hydrogen-bond donors (Lipinski definition) is 1. The summed E-state index contributed by atoms with van der Waals surface area (Å²) in [5.41, 5.74) is -0.165. The van der Waals surface area contributed by atoms with Crippen LogP contribution in [0.4, 0.5) is 0 Å². The molecule has 7 heteroatoms. The summed E-state index contributed by atoms with van der Waals surface area (Å²) in [6.07, 6.45) is 1.54. The van der Waals surface area contributed by atoms with Crippen molar-refractivity contribution in [2.24, 2.45) is 11.3 Å². The molecule has 1 spiro atoms. The van der Waals surface area contributed by atoms with Gasteiger partial charge in [-0.15, -0.1) is 11.3 Å². The molecule has 2 aliphatic rings. The first-order valence-corrected chi connectivity index (χ1v) is 10.7. The van der Waals surface area contributed by atoms with Crippen LogP contribution in [0.5, 0.6) is 0 Å². The van der Waals surface area contributed by atoms with E-state index in [0.717, 1.165) is 17.7 Å². The van der Waals surface area contributed by atoms with Gasteiger partial charge in [-0.3, -0.25) is 4.79 Å². The summed E-state index contributed by atoms with van der Waals surface area (Å²) in [7, 11) is -3.46. The molecule has 2 aromatic rings. The van der Waals surface area contributed by atoms with Gasteiger partial charge in [-0.05, 0) is 41.8 Å². The molecule has 5 nitrogen and oxygen atoms in total. The largest absolute Gasteiger partial charge is 0.351 e. The molecule has 2 fully saturated rings. The fourth-order valence-corrected chi connectivity index (χ4v) is 5.89. The number of carbonyl (C=O) groups is 1. The van der Waals surface area contributed by atoms with Crippen molar-refractivity contribution in [3.8, 4) is 0 Å². The van der Waals surface area contributed by atoms with Crippen molar-refractivity contribution >= 4 is 27.3 Å². The molecule has 1 N–H and O–H groups in total. The number of hydrogen-bond acceptors (Lipinski definition) is 4. The smallest absolute Gasteiger partial charge is 0.243 e. The summed E-state index contributed by atoms with van der Waals surface area (Å²) in [6, 6.07) is 12.5. The van der Waals surface area contributed by atoms with E-state index in [9.17, 15) is 13.2 Å². The van der Waals surface area contributed by atoms with Crippen LogP contribution in [0.1, 0.15) is 17.7 Å². The minimum Gasteiger partial charge on any atom is -0.351 e. The highest BCUT2D eigenvalue weighted by Gasteiger charge is 2.62. The van der Waals surface area contributed by atoms with Gasteiger partial charge in [0.05, 0.1) is 11.4 Å². The molecule has 25 heavy (non-hydrogen) atoms. The van der Waals surface area contributed by atoms with Gasteiger partial charge in [0.25, 0.3) is 0 Å². The number of sulfonamides is 1. The molecule has 2 heterocycles. The molecule has 1 aliphatic heterocycles. The average molecular weight is 377 g/mol. The third-order valence-corrected chi connectivity index (χ3v) is 7.99. The normalized spacial score (nSPS) is 26.0. The lowest BCUT2D eigenvalue weighted by Crippen LogP contribution is -2.31. The highest BCUT2D eigenvalue weighted by molar-refractivity contribution is 7.89. The van der Waals surface area contributed by atoms with Crippen molar-refractivity contribution in [2.75, 3.05) is 13.1 Å². The summed E-state index contributed by atoms with van der Waals surface area (Å²) < 4.78 is 27.0. The van der Waals surface area contributed by atoms with Gasteiger partial charge in [0, 0.05) is 23.9 Å². The molecule has 0 unspecified atom stereocenters. The first-order chi connectivity index (χ1) is 12.0. The molecular formula is C18H20N2O3S2. The zero-order valence-electron chi connectivity index (χ0n) is 13.7. The molecule has 1 aromatic carbocycles. The predicted octanol–water partition coefficient (Wildman–Crippen LogP) is 2.47. The van der Waals surface area contributed by atoms with E-state index in [1.54, 1.807) is 41.7 Å². The Morgan fingerprint density at radius 3 is 2.76 bits per heavy atom. The minimum atomic E-state index is -3.46. The Hall–Kier alpha value is -1.70. The zero-order valence-corrected chi connectivity index (χ0v) is 15.4. The number of carbonyl (C=O) groups excluding carboxylic acids is 1. The first-order valence-electron chi connectivity index (χ1n) is 8.37. The molecule has 1 amide bonds. The van der Waals surface area contributed by atoms with Gasteiger partial charge in [0.15, 0.2) is 0 Å².